The Morgan fingerprint density at radius 1 is 1.31 bits per heavy atom. The van der Waals surface area contributed by atoms with Crippen LogP contribution >= 0.6 is 0 Å². The number of aromatic nitrogens is 2. The van der Waals surface area contributed by atoms with Crippen molar-refractivity contribution >= 4 is 16.0 Å². The molecule has 0 radical (unpaired) electrons. The van der Waals surface area contributed by atoms with Crippen molar-refractivity contribution < 1.29 is 23.1 Å². The molecule has 0 spiro atoms. The van der Waals surface area contributed by atoms with E-state index >= 15 is 0 Å². The highest BCUT2D eigenvalue weighted by molar-refractivity contribution is 7.89. The molecular formula is C16H19N3O6S. The first-order chi connectivity index (χ1) is 12.1. The van der Waals surface area contributed by atoms with Crippen LogP contribution in [0.5, 0.6) is 5.75 Å². The number of carbonyl (C=O) groups excluding carboxylic acids is 1. The van der Waals surface area contributed by atoms with Gasteiger partial charge in [-0.1, -0.05) is 12.1 Å². The molecule has 0 unspecified atom stereocenters. The molecule has 0 aliphatic carbocycles. The van der Waals surface area contributed by atoms with Crippen LogP contribution in [-0.2, 0) is 21.8 Å². The fraction of sp³-hybridized carbons (Fsp3) is 0.312. The maximum atomic E-state index is 12.6. The quantitative estimate of drug-likeness (QED) is 0.753. The lowest BCUT2D eigenvalue weighted by Gasteiger charge is -2.17. The smallest absolute Gasteiger partial charge is 0.361 e. The van der Waals surface area contributed by atoms with Crippen LogP contribution in [0.15, 0.2) is 34.0 Å². The minimum Gasteiger partial charge on any atom is -0.501 e. The van der Waals surface area contributed by atoms with Gasteiger partial charge >= 0.3 is 5.97 Å². The third-order valence-corrected chi connectivity index (χ3v) is 5.50. The standard InChI is InChI=1S/C16H19N3O6S/c1-5-25-16(22)12-13(20)15(21)19(4)14(17-12)10-8-6-7-9-11(10)26(23,24)18(2)3/h6-9,20H,5H2,1-4H3. The van der Waals surface area contributed by atoms with Crippen LogP contribution in [0.2, 0.25) is 0 Å². The Morgan fingerprint density at radius 3 is 2.50 bits per heavy atom. The van der Waals surface area contributed by atoms with Crippen molar-refractivity contribution in [1.29, 1.82) is 0 Å². The van der Waals surface area contributed by atoms with Crippen molar-refractivity contribution in [2.75, 3.05) is 20.7 Å². The molecule has 1 aromatic heterocycles. The van der Waals surface area contributed by atoms with E-state index in [1.165, 1.54) is 39.3 Å². The summed E-state index contributed by atoms with van der Waals surface area (Å²) in [5.41, 5.74) is -1.34. The normalized spacial score (nSPS) is 11.6. The molecule has 0 aliphatic heterocycles. The van der Waals surface area contributed by atoms with Gasteiger partial charge in [0.2, 0.25) is 15.8 Å². The fourth-order valence-electron chi connectivity index (χ4n) is 2.25. The van der Waals surface area contributed by atoms with E-state index in [1.54, 1.807) is 13.0 Å². The summed E-state index contributed by atoms with van der Waals surface area (Å²) >= 11 is 0. The van der Waals surface area contributed by atoms with Crippen LogP contribution in [0.1, 0.15) is 17.4 Å². The fourth-order valence-corrected chi connectivity index (χ4v) is 3.33. The molecule has 1 aromatic carbocycles. The largest absolute Gasteiger partial charge is 0.501 e. The first-order valence-corrected chi connectivity index (χ1v) is 9.06. The van der Waals surface area contributed by atoms with Crippen molar-refractivity contribution in [3.8, 4) is 17.1 Å². The number of rotatable bonds is 5. The van der Waals surface area contributed by atoms with Gasteiger partial charge in [0, 0.05) is 26.7 Å². The minimum absolute atomic E-state index is 0.0239. The van der Waals surface area contributed by atoms with E-state index in [2.05, 4.69) is 4.98 Å². The van der Waals surface area contributed by atoms with Crippen LogP contribution in [0.25, 0.3) is 11.4 Å². The molecule has 2 aromatic rings. The third-order valence-electron chi connectivity index (χ3n) is 3.62. The van der Waals surface area contributed by atoms with Crippen molar-refractivity contribution in [2.45, 2.75) is 11.8 Å². The summed E-state index contributed by atoms with van der Waals surface area (Å²) in [6.07, 6.45) is 0. The maximum absolute atomic E-state index is 12.6. The van der Waals surface area contributed by atoms with Crippen molar-refractivity contribution in [2.24, 2.45) is 7.05 Å². The Balaban J connectivity index is 2.83. The lowest BCUT2D eigenvalue weighted by atomic mass is 10.2. The van der Waals surface area contributed by atoms with Gasteiger partial charge in [0.05, 0.1) is 11.5 Å². The number of carbonyl (C=O) groups is 1. The Bertz CT molecular complexity index is 1010. The number of hydrogen-bond acceptors (Lipinski definition) is 7. The third kappa shape index (κ3) is 3.33. The van der Waals surface area contributed by atoms with Crippen molar-refractivity contribution in [1.82, 2.24) is 13.9 Å². The van der Waals surface area contributed by atoms with Gasteiger partial charge in [-0.3, -0.25) is 9.36 Å². The molecule has 9 nitrogen and oxygen atoms in total. The molecule has 0 saturated carbocycles. The number of nitrogens with zero attached hydrogens (tertiary/aromatic N) is 3. The van der Waals surface area contributed by atoms with Crippen LogP contribution < -0.4 is 5.56 Å². The summed E-state index contributed by atoms with van der Waals surface area (Å²) in [4.78, 5) is 28.2. The molecule has 2 rings (SSSR count). The number of esters is 1. The Labute approximate surface area is 150 Å². The highest BCUT2D eigenvalue weighted by Crippen LogP contribution is 2.28. The molecule has 140 valence electrons. The molecule has 0 aliphatic rings. The lowest BCUT2D eigenvalue weighted by molar-refractivity contribution is 0.0515. The topological polar surface area (TPSA) is 119 Å². The summed E-state index contributed by atoms with van der Waals surface area (Å²) in [6.45, 7) is 1.59. The minimum atomic E-state index is -3.84. The van der Waals surface area contributed by atoms with Gasteiger partial charge in [-0.15, -0.1) is 0 Å². The van der Waals surface area contributed by atoms with E-state index in [0.717, 1.165) is 8.87 Å². The molecule has 0 fully saturated rings. The monoisotopic (exact) mass is 381 g/mol. The molecule has 0 atom stereocenters. The van der Waals surface area contributed by atoms with E-state index in [0.29, 0.717) is 0 Å². The number of hydrogen-bond donors (Lipinski definition) is 1. The Hall–Kier alpha value is -2.72. The van der Waals surface area contributed by atoms with Crippen LogP contribution in [0.4, 0.5) is 0 Å². The number of benzene rings is 1. The predicted molar refractivity (Wildman–Crippen MR) is 93.4 cm³/mol. The second-order valence-electron chi connectivity index (χ2n) is 5.50. The zero-order valence-corrected chi connectivity index (χ0v) is 15.6. The first kappa shape index (κ1) is 19.6. The number of aromatic hydroxyl groups is 1. The molecule has 1 heterocycles. The van der Waals surface area contributed by atoms with Gasteiger partial charge in [0.15, 0.2) is 5.69 Å². The summed E-state index contributed by atoms with van der Waals surface area (Å²) in [5, 5.41) is 9.94. The average Bonchev–Trinajstić information content (AvgIpc) is 2.60. The molecule has 1 N–H and O–H groups in total. The summed E-state index contributed by atoms with van der Waals surface area (Å²) in [7, 11) is 0.227. The van der Waals surface area contributed by atoms with E-state index < -0.39 is 33.0 Å². The van der Waals surface area contributed by atoms with Gasteiger partial charge in [-0.25, -0.2) is 22.5 Å². The van der Waals surface area contributed by atoms with Crippen LogP contribution in [0.3, 0.4) is 0 Å². The van der Waals surface area contributed by atoms with Crippen molar-refractivity contribution in [3.05, 3.63) is 40.3 Å². The molecule has 26 heavy (non-hydrogen) atoms. The van der Waals surface area contributed by atoms with Gasteiger partial charge in [-0.2, -0.15) is 0 Å². The van der Waals surface area contributed by atoms with E-state index in [1.807, 2.05) is 0 Å². The van der Waals surface area contributed by atoms with E-state index in [9.17, 15) is 23.1 Å². The second kappa shape index (κ2) is 7.26. The SMILES string of the molecule is CCOC(=O)c1nc(-c2ccccc2S(=O)(=O)N(C)C)n(C)c(=O)c1O. The summed E-state index contributed by atoms with van der Waals surface area (Å²) in [6, 6.07) is 5.94. The molecule has 0 amide bonds. The number of ether oxygens (including phenoxy) is 1. The first-order valence-electron chi connectivity index (χ1n) is 7.62. The molecular weight excluding hydrogens is 362 g/mol. The summed E-state index contributed by atoms with van der Waals surface area (Å²) in [5.74, 6) is -1.92. The zero-order valence-electron chi connectivity index (χ0n) is 14.8. The highest BCUT2D eigenvalue weighted by Gasteiger charge is 2.26. The molecule has 0 bridgehead atoms. The number of sulfonamides is 1. The van der Waals surface area contributed by atoms with Gasteiger partial charge in [0.25, 0.3) is 5.56 Å². The Morgan fingerprint density at radius 2 is 1.92 bits per heavy atom. The van der Waals surface area contributed by atoms with E-state index in [4.69, 9.17) is 4.74 Å². The average molecular weight is 381 g/mol. The molecule has 10 heteroatoms. The summed E-state index contributed by atoms with van der Waals surface area (Å²) < 4.78 is 32.0. The zero-order chi connectivity index (χ0) is 19.6. The lowest BCUT2D eigenvalue weighted by Crippen LogP contribution is -2.26. The van der Waals surface area contributed by atoms with E-state index in [-0.39, 0.29) is 22.9 Å². The highest BCUT2D eigenvalue weighted by atomic mass is 32.2. The molecule has 0 saturated heterocycles. The van der Waals surface area contributed by atoms with Gasteiger partial charge < -0.3 is 9.84 Å². The predicted octanol–water partition coefficient (Wildman–Crippen LogP) is 0.580. The van der Waals surface area contributed by atoms with Crippen molar-refractivity contribution in [3.63, 3.8) is 0 Å². The second-order valence-corrected chi connectivity index (χ2v) is 7.62. The maximum Gasteiger partial charge on any atom is 0.361 e. The van der Waals surface area contributed by atoms with Gasteiger partial charge in [0.1, 0.15) is 5.82 Å². The van der Waals surface area contributed by atoms with Crippen LogP contribution in [-0.4, -0.2) is 54.1 Å². The Kier molecular flexibility index (Phi) is 5.47. The van der Waals surface area contributed by atoms with Gasteiger partial charge in [-0.05, 0) is 19.1 Å². The van der Waals surface area contributed by atoms with Crippen LogP contribution in [0, 0.1) is 0 Å².